The molecular formula is C12H10N4O2. The quantitative estimate of drug-likeness (QED) is 0.745. The van der Waals surface area contributed by atoms with Crippen molar-refractivity contribution < 1.29 is 9.59 Å². The van der Waals surface area contributed by atoms with Gasteiger partial charge in [0.1, 0.15) is 5.84 Å². The van der Waals surface area contributed by atoms with Gasteiger partial charge in [-0.25, -0.2) is 14.8 Å². The number of nitrogens with zero attached hydrogens (tertiary/aromatic N) is 2. The lowest BCUT2D eigenvalue weighted by Gasteiger charge is -2.16. The van der Waals surface area contributed by atoms with Crippen LogP contribution in [0.4, 0.5) is 4.79 Å². The number of hydrogen-bond acceptors (Lipinski definition) is 4. The van der Waals surface area contributed by atoms with Gasteiger partial charge in [-0.3, -0.25) is 15.4 Å². The Morgan fingerprint density at radius 2 is 1.83 bits per heavy atom. The van der Waals surface area contributed by atoms with E-state index in [1.807, 2.05) is 31.2 Å². The second kappa shape index (κ2) is 3.76. The van der Waals surface area contributed by atoms with Crippen molar-refractivity contribution in [2.75, 3.05) is 0 Å². The molecule has 3 amide bonds. The third-order valence-corrected chi connectivity index (χ3v) is 2.77. The Hall–Kier alpha value is -2.50. The molecule has 6 nitrogen and oxygen atoms in total. The molecule has 18 heavy (non-hydrogen) atoms. The summed E-state index contributed by atoms with van der Waals surface area (Å²) in [5.41, 5.74) is 1.96. The molecule has 2 aliphatic heterocycles. The number of carbonyl (C=O) groups is 2. The molecule has 0 spiro atoms. The van der Waals surface area contributed by atoms with Crippen LogP contribution in [0.5, 0.6) is 0 Å². The van der Waals surface area contributed by atoms with Gasteiger partial charge in [-0.15, -0.1) is 0 Å². The van der Waals surface area contributed by atoms with Crippen molar-refractivity contribution in [3.05, 3.63) is 35.4 Å². The smallest absolute Gasteiger partial charge is 0.293 e. The summed E-state index contributed by atoms with van der Waals surface area (Å²) in [5.74, 6) is 0.311. The van der Waals surface area contributed by atoms with Crippen LogP contribution in [-0.2, 0) is 4.79 Å². The van der Waals surface area contributed by atoms with Gasteiger partial charge in [-0.05, 0) is 6.92 Å². The van der Waals surface area contributed by atoms with E-state index in [2.05, 4.69) is 20.6 Å². The van der Waals surface area contributed by atoms with E-state index in [1.54, 1.807) is 0 Å². The van der Waals surface area contributed by atoms with Gasteiger partial charge in [0.2, 0.25) is 0 Å². The Morgan fingerprint density at radius 1 is 1.11 bits per heavy atom. The zero-order valence-corrected chi connectivity index (χ0v) is 9.60. The molecule has 1 atom stereocenters. The number of rotatable bonds is 1. The molecule has 1 aromatic carbocycles. The average molecular weight is 242 g/mol. The minimum absolute atomic E-state index is 0.291. The number of carbonyl (C=O) groups excluding carboxylic acids is 2. The first-order valence-electron chi connectivity index (χ1n) is 5.49. The summed E-state index contributed by atoms with van der Waals surface area (Å²) in [7, 11) is 0. The molecule has 0 aromatic heterocycles. The van der Waals surface area contributed by atoms with E-state index in [0.717, 1.165) is 11.1 Å². The van der Waals surface area contributed by atoms with E-state index in [-0.39, 0.29) is 0 Å². The molecule has 6 heteroatoms. The molecule has 1 aromatic rings. The van der Waals surface area contributed by atoms with Crippen molar-refractivity contribution >= 4 is 23.6 Å². The molecule has 1 fully saturated rings. The first-order chi connectivity index (χ1) is 8.63. The fraction of sp³-hybridized carbons (Fsp3) is 0.167. The fourth-order valence-electron chi connectivity index (χ4n) is 1.84. The molecule has 0 saturated carbocycles. The van der Waals surface area contributed by atoms with Gasteiger partial charge in [0.25, 0.3) is 5.91 Å². The predicted molar refractivity (Wildman–Crippen MR) is 65.6 cm³/mol. The maximum Gasteiger partial charge on any atom is 0.326 e. The Morgan fingerprint density at radius 3 is 2.56 bits per heavy atom. The van der Waals surface area contributed by atoms with Crippen LogP contribution in [-0.4, -0.2) is 29.7 Å². The van der Waals surface area contributed by atoms with Gasteiger partial charge in [0.05, 0.1) is 0 Å². The second-order valence-corrected chi connectivity index (χ2v) is 4.16. The third kappa shape index (κ3) is 1.67. The number of imide groups is 1. The zero-order chi connectivity index (χ0) is 12.7. The highest BCUT2D eigenvalue weighted by Crippen LogP contribution is 2.14. The highest BCUT2D eigenvalue weighted by atomic mass is 16.2. The highest BCUT2D eigenvalue weighted by Gasteiger charge is 2.36. The topological polar surface area (TPSA) is 82.9 Å². The fourth-order valence-corrected chi connectivity index (χ4v) is 1.84. The number of amidine groups is 2. The van der Waals surface area contributed by atoms with Crippen molar-refractivity contribution in [1.29, 1.82) is 0 Å². The summed E-state index contributed by atoms with van der Waals surface area (Å²) in [5, 5.41) is 4.64. The van der Waals surface area contributed by atoms with E-state index < -0.39 is 18.0 Å². The molecule has 2 aliphatic rings. The molecular weight excluding hydrogens is 232 g/mol. The van der Waals surface area contributed by atoms with Crippen LogP contribution in [0, 0.1) is 6.92 Å². The molecule has 2 heterocycles. The highest BCUT2D eigenvalue weighted by molar-refractivity contribution is 6.27. The van der Waals surface area contributed by atoms with Gasteiger partial charge >= 0.3 is 6.03 Å². The second-order valence-electron chi connectivity index (χ2n) is 4.16. The van der Waals surface area contributed by atoms with Crippen molar-refractivity contribution in [1.82, 2.24) is 10.6 Å². The van der Waals surface area contributed by atoms with E-state index in [9.17, 15) is 9.59 Å². The summed E-state index contributed by atoms with van der Waals surface area (Å²) in [4.78, 5) is 31.1. The number of aryl methyl sites for hydroxylation is 1. The van der Waals surface area contributed by atoms with E-state index in [1.165, 1.54) is 0 Å². The predicted octanol–water partition coefficient (Wildman–Crippen LogP) is 0.362. The number of aliphatic imine (C=N–C) groups is 2. The summed E-state index contributed by atoms with van der Waals surface area (Å²) >= 11 is 0. The number of benzene rings is 1. The maximum absolute atomic E-state index is 11.6. The first-order valence-corrected chi connectivity index (χ1v) is 5.49. The van der Waals surface area contributed by atoms with Crippen LogP contribution >= 0.6 is 0 Å². The minimum atomic E-state index is -0.737. The van der Waals surface area contributed by atoms with E-state index in [4.69, 9.17) is 0 Å². The molecule has 90 valence electrons. The monoisotopic (exact) mass is 242 g/mol. The van der Waals surface area contributed by atoms with Gasteiger partial charge in [0.15, 0.2) is 11.9 Å². The average Bonchev–Trinajstić information content (AvgIpc) is 2.74. The molecule has 0 unspecified atom stereocenters. The SMILES string of the molecule is Cc1ccc(C2=N[C@H]3C(=O)NC(=O)NC3=N2)cc1. The van der Waals surface area contributed by atoms with Crippen LogP contribution in [0.3, 0.4) is 0 Å². The van der Waals surface area contributed by atoms with Gasteiger partial charge in [-0.2, -0.15) is 0 Å². The summed E-state index contributed by atoms with van der Waals surface area (Å²) < 4.78 is 0. The van der Waals surface area contributed by atoms with Crippen LogP contribution < -0.4 is 10.6 Å². The normalized spacial score (nSPS) is 21.7. The van der Waals surface area contributed by atoms with Crippen LogP contribution in [0.2, 0.25) is 0 Å². The Balaban J connectivity index is 1.96. The lowest BCUT2D eigenvalue weighted by Crippen LogP contribution is -2.57. The van der Waals surface area contributed by atoms with Crippen LogP contribution in [0.25, 0.3) is 0 Å². The standard InChI is InChI=1S/C12H10N4O2/c1-6-2-4-7(5-3-6)9-13-8-10(14-9)15-12(18)16-11(8)17/h2-5,8H,1H3,(H2,13,14,15,16,17,18)/t8-/m1/s1. The Kier molecular flexibility index (Phi) is 2.22. The Labute approximate surface area is 103 Å². The lowest BCUT2D eigenvalue weighted by atomic mass is 10.1. The van der Waals surface area contributed by atoms with E-state index >= 15 is 0 Å². The third-order valence-electron chi connectivity index (χ3n) is 2.77. The van der Waals surface area contributed by atoms with Crippen molar-refractivity contribution in [2.45, 2.75) is 13.0 Å². The molecule has 3 rings (SSSR count). The summed E-state index contributed by atoms with van der Waals surface area (Å²) in [6.45, 7) is 1.99. The number of fused-ring (bicyclic) bond motifs is 1. The molecule has 2 N–H and O–H groups in total. The maximum atomic E-state index is 11.6. The van der Waals surface area contributed by atoms with E-state index in [0.29, 0.717) is 11.7 Å². The lowest BCUT2D eigenvalue weighted by molar-refractivity contribution is -0.120. The molecule has 0 radical (unpaired) electrons. The van der Waals surface area contributed by atoms with Crippen molar-refractivity contribution in [3.63, 3.8) is 0 Å². The Bertz CT molecular complexity index is 601. The number of nitrogens with one attached hydrogen (secondary N) is 2. The molecule has 1 saturated heterocycles. The van der Waals surface area contributed by atoms with Gasteiger partial charge in [0, 0.05) is 5.56 Å². The number of urea groups is 1. The first kappa shape index (κ1) is 10.6. The largest absolute Gasteiger partial charge is 0.326 e. The zero-order valence-electron chi connectivity index (χ0n) is 9.60. The van der Waals surface area contributed by atoms with Crippen molar-refractivity contribution in [2.24, 2.45) is 9.98 Å². The van der Waals surface area contributed by atoms with Crippen molar-refractivity contribution in [3.8, 4) is 0 Å². The minimum Gasteiger partial charge on any atom is -0.293 e. The molecule has 0 bridgehead atoms. The molecule has 0 aliphatic carbocycles. The van der Waals surface area contributed by atoms with Crippen LogP contribution in [0.15, 0.2) is 34.3 Å². The van der Waals surface area contributed by atoms with Crippen LogP contribution in [0.1, 0.15) is 11.1 Å². The number of hydrogen-bond donors (Lipinski definition) is 2. The number of amides is 3. The van der Waals surface area contributed by atoms with Gasteiger partial charge in [-0.1, -0.05) is 29.8 Å². The van der Waals surface area contributed by atoms with Gasteiger partial charge < -0.3 is 0 Å². The summed E-state index contributed by atoms with van der Waals surface area (Å²) in [6.07, 6.45) is 0. The summed E-state index contributed by atoms with van der Waals surface area (Å²) in [6, 6.07) is 6.36.